The van der Waals surface area contributed by atoms with Gasteiger partial charge in [0, 0.05) is 31.3 Å². The Hall–Kier alpha value is -1.11. The molecule has 0 saturated carbocycles. The van der Waals surface area contributed by atoms with Crippen LogP contribution in [-0.2, 0) is 16.0 Å². The van der Waals surface area contributed by atoms with E-state index in [-0.39, 0.29) is 0 Å². The molecule has 2 N–H and O–H groups in total. The number of aliphatic imine (C=N–C) groups is 1. The highest BCUT2D eigenvalue weighted by atomic mass is 79.9. The van der Waals surface area contributed by atoms with Gasteiger partial charge in [0.25, 0.3) is 0 Å². The van der Waals surface area contributed by atoms with E-state index >= 15 is 0 Å². The van der Waals surface area contributed by atoms with Gasteiger partial charge in [0.15, 0.2) is 5.96 Å². The number of guanidine groups is 1. The highest BCUT2D eigenvalue weighted by molar-refractivity contribution is 9.10. The average Bonchev–Trinajstić information content (AvgIpc) is 2.53. The third-order valence-corrected chi connectivity index (χ3v) is 3.40. The fraction of sp³-hybridized carbons (Fsp3) is 0.562. The average molecular weight is 372 g/mol. The van der Waals surface area contributed by atoms with Crippen molar-refractivity contribution in [3.8, 4) is 0 Å². The summed E-state index contributed by atoms with van der Waals surface area (Å²) in [6.07, 6.45) is 0.937. The summed E-state index contributed by atoms with van der Waals surface area (Å²) in [7, 11) is 1.68. The zero-order valence-electron chi connectivity index (χ0n) is 13.4. The molecule has 1 aromatic carbocycles. The first kappa shape index (κ1) is 18.9. The van der Waals surface area contributed by atoms with E-state index < -0.39 is 0 Å². The maximum absolute atomic E-state index is 5.43. The summed E-state index contributed by atoms with van der Waals surface area (Å²) in [6.45, 7) is 6.41. The first-order valence-corrected chi connectivity index (χ1v) is 8.39. The van der Waals surface area contributed by atoms with Gasteiger partial charge in [-0.1, -0.05) is 28.1 Å². The van der Waals surface area contributed by atoms with Crippen LogP contribution in [0.15, 0.2) is 33.7 Å². The Balaban J connectivity index is 2.28. The fourth-order valence-electron chi connectivity index (χ4n) is 1.73. The largest absolute Gasteiger partial charge is 0.382 e. The molecule has 0 aliphatic heterocycles. The molecule has 0 radical (unpaired) electrons. The fourth-order valence-corrected chi connectivity index (χ4v) is 1.99. The third kappa shape index (κ3) is 9.02. The number of nitrogens with zero attached hydrogens (tertiary/aromatic N) is 1. The van der Waals surface area contributed by atoms with Gasteiger partial charge < -0.3 is 20.1 Å². The van der Waals surface area contributed by atoms with Crippen molar-refractivity contribution < 1.29 is 9.47 Å². The maximum atomic E-state index is 5.43. The van der Waals surface area contributed by atoms with E-state index in [0.29, 0.717) is 19.8 Å². The Morgan fingerprint density at radius 1 is 1.14 bits per heavy atom. The minimum absolute atomic E-state index is 0.644. The van der Waals surface area contributed by atoms with Gasteiger partial charge in [-0.3, -0.25) is 0 Å². The van der Waals surface area contributed by atoms with Gasteiger partial charge in [-0.15, -0.1) is 0 Å². The SMILES string of the molecule is CCNC(=NCc1ccc(Br)cc1)NCCCOCCOC. The molecule has 6 heteroatoms. The van der Waals surface area contributed by atoms with Crippen LogP contribution in [0.5, 0.6) is 0 Å². The molecule has 0 aliphatic carbocycles. The van der Waals surface area contributed by atoms with E-state index in [0.717, 1.165) is 36.5 Å². The van der Waals surface area contributed by atoms with Crippen LogP contribution in [0.1, 0.15) is 18.9 Å². The molecule has 0 aromatic heterocycles. The minimum atomic E-state index is 0.644. The molecule has 5 nitrogen and oxygen atoms in total. The van der Waals surface area contributed by atoms with Gasteiger partial charge in [-0.2, -0.15) is 0 Å². The molecule has 1 rings (SSSR count). The lowest BCUT2D eigenvalue weighted by Gasteiger charge is -2.11. The summed E-state index contributed by atoms with van der Waals surface area (Å²) in [4.78, 5) is 4.58. The van der Waals surface area contributed by atoms with Gasteiger partial charge in [-0.05, 0) is 31.0 Å². The van der Waals surface area contributed by atoms with E-state index in [1.165, 1.54) is 5.56 Å². The Morgan fingerprint density at radius 3 is 2.59 bits per heavy atom. The molecule has 0 saturated heterocycles. The van der Waals surface area contributed by atoms with Gasteiger partial charge >= 0.3 is 0 Å². The van der Waals surface area contributed by atoms with Crippen LogP contribution in [0.4, 0.5) is 0 Å². The van der Waals surface area contributed by atoms with Crippen molar-refractivity contribution in [3.05, 3.63) is 34.3 Å². The number of methoxy groups -OCH3 is 1. The van der Waals surface area contributed by atoms with Gasteiger partial charge in [0.1, 0.15) is 0 Å². The number of rotatable bonds is 10. The van der Waals surface area contributed by atoms with Crippen molar-refractivity contribution in [2.45, 2.75) is 19.9 Å². The summed E-state index contributed by atoms with van der Waals surface area (Å²) in [5.74, 6) is 0.835. The molecule has 0 spiro atoms. The Bertz CT molecular complexity index is 424. The highest BCUT2D eigenvalue weighted by Gasteiger charge is 1.98. The van der Waals surface area contributed by atoms with Crippen molar-refractivity contribution in [1.82, 2.24) is 10.6 Å². The molecule has 0 bridgehead atoms. The van der Waals surface area contributed by atoms with Crippen LogP contribution in [-0.4, -0.2) is 46.0 Å². The number of ether oxygens (including phenoxy) is 2. The summed E-state index contributed by atoms with van der Waals surface area (Å²) in [6, 6.07) is 8.20. The molecule has 0 atom stereocenters. The number of halogens is 1. The van der Waals surface area contributed by atoms with Crippen LogP contribution in [0, 0.1) is 0 Å². The van der Waals surface area contributed by atoms with Gasteiger partial charge in [0.05, 0.1) is 19.8 Å². The maximum Gasteiger partial charge on any atom is 0.191 e. The van der Waals surface area contributed by atoms with E-state index in [4.69, 9.17) is 9.47 Å². The molecule has 0 aliphatic rings. The zero-order chi connectivity index (χ0) is 16.0. The molecule has 0 amide bonds. The molecular weight excluding hydrogens is 346 g/mol. The highest BCUT2D eigenvalue weighted by Crippen LogP contribution is 2.10. The summed E-state index contributed by atoms with van der Waals surface area (Å²) >= 11 is 3.43. The standard InChI is InChI=1S/C16H26BrN3O2/c1-3-18-16(19-9-4-10-22-12-11-21-2)20-13-14-5-7-15(17)8-6-14/h5-8H,3-4,9-13H2,1-2H3,(H2,18,19,20). The van der Waals surface area contributed by atoms with Crippen LogP contribution in [0.2, 0.25) is 0 Å². The van der Waals surface area contributed by atoms with Crippen molar-refractivity contribution in [1.29, 1.82) is 0 Å². The molecule has 22 heavy (non-hydrogen) atoms. The second-order valence-electron chi connectivity index (χ2n) is 4.71. The van der Waals surface area contributed by atoms with Crippen LogP contribution in [0.3, 0.4) is 0 Å². The van der Waals surface area contributed by atoms with Crippen molar-refractivity contribution in [2.24, 2.45) is 4.99 Å². The summed E-state index contributed by atoms with van der Waals surface area (Å²) in [5.41, 5.74) is 1.18. The van der Waals surface area contributed by atoms with Crippen LogP contribution >= 0.6 is 15.9 Å². The predicted octanol–water partition coefficient (Wildman–Crippen LogP) is 2.56. The topological polar surface area (TPSA) is 54.9 Å². The lowest BCUT2D eigenvalue weighted by molar-refractivity contribution is 0.0698. The smallest absolute Gasteiger partial charge is 0.191 e. The number of benzene rings is 1. The number of nitrogens with one attached hydrogen (secondary N) is 2. The second kappa shape index (κ2) is 12.4. The van der Waals surface area contributed by atoms with Crippen molar-refractivity contribution in [2.75, 3.05) is 40.0 Å². The lowest BCUT2D eigenvalue weighted by atomic mass is 10.2. The van der Waals surface area contributed by atoms with E-state index in [2.05, 4.69) is 50.6 Å². The Kier molecular flexibility index (Phi) is 10.7. The predicted molar refractivity (Wildman–Crippen MR) is 94.3 cm³/mol. The molecule has 124 valence electrons. The number of hydrogen-bond acceptors (Lipinski definition) is 3. The van der Waals surface area contributed by atoms with E-state index in [1.807, 2.05) is 12.1 Å². The van der Waals surface area contributed by atoms with E-state index in [1.54, 1.807) is 7.11 Å². The Morgan fingerprint density at radius 2 is 1.91 bits per heavy atom. The normalized spacial score (nSPS) is 11.5. The number of hydrogen-bond donors (Lipinski definition) is 2. The lowest BCUT2D eigenvalue weighted by Crippen LogP contribution is -2.38. The van der Waals surface area contributed by atoms with Crippen molar-refractivity contribution >= 4 is 21.9 Å². The first-order chi connectivity index (χ1) is 10.8. The molecule has 0 unspecified atom stereocenters. The van der Waals surface area contributed by atoms with E-state index in [9.17, 15) is 0 Å². The minimum Gasteiger partial charge on any atom is -0.382 e. The van der Waals surface area contributed by atoms with Crippen LogP contribution < -0.4 is 10.6 Å². The second-order valence-corrected chi connectivity index (χ2v) is 5.62. The quantitative estimate of drug-likeness (QED) is 0.377. The van der Waals surface area contributed by atoms with Gasteiger partial charge in [-0.25, -0.2) is 4.99 Å². The molecule has 1 aromatic rings. The van der Waals surface area contributed by atoms with Crippen LogP contribution in [0.25, 0.3) is 0 Å². The Labute approximate surface area is 141 Å². The molecule has 0 heterocycles. The molecular formula is C16H26BrN3O2. The van der Waals surface area contributed by atoms with Crippen molar-refractivity contribution in [3.63, 3.8) is 0 Å². The monoisotopic (exact) mass is 371 g/mol. The zero-order valence-corrected chi connectivity index (χ0v) is 15.0. The first-order valence-electron chi connectivity index (χ1n) is 7.59. The summed E-state index contributed by atoms with van der Waals surface area (Å²) in [5, 5.41) is 6.56. The molecule has 0 fully saturated rings. The third-order valence-electron chi connectivity index (χ3n) is 2.87. The summed E-state index contributed by atoms with van der Waals surface area (Å²) < 4.78 is 11.4. The van der Waals surface area contributed by atoms with Gasteiger partial charge in [0.2, 0.25) is 0 Å².